The molecule has 2 N–H and O–H groups in total. The number of thiophene rings is 1. The van der Waals surface area contributed by atoms with Gasteiger partial charge in [0.15, 0.2) is 0 Å². The standard InChI is InChI=1S/C18H20N2OS.ClH/c1-19-20-12-11-17(18-10-5-13-22-18)21-16-9-4-7-14-6-2-3-8-15(14)16;/h2-10,13,17,19-20H,11-12H2,1H3;1H/t17-;/m0./s1. The van der Waals surface area contributed by atoms with Crippen LogP contribution in [0.5, 0.6) is 5.75 Å². The van der Waals surface area contributed by atoms with Crippen LogP contribution in [0.1, 0.15) is 17.4 Å². The molecule has 0 saturated heterocycles. The van der Waals surface area contributed by atoms with Crippen LogP contribution in [-0.4, -0.2) is 13.6 Å². The summed E-state index contributed by atoms with van der Waals surface area (Å²) in [5.74, 6) is 0.945. The summed E-state index contributed by atoms with van der Waals surface area (Å²) in [6, 6.07) is 18.8. The van der Waals surface area contributed by atoms with E-state index in [2.05, 4.69) is 70.8 Å². The Morgan fingerprint density at radius 1 is 1.04 bits per heavy atom. The van der Waals surface area contributed by atoms with Crippen molar-refractivity contribution in [2.45, 2.75) is 12.5 Å². The molecule has 3 aromatic rings. The zero-order valence-electron chi connectivity index (χ0n) is 13.0. The topological polar surface area (TPSA) is 33.3 Å². The third-order valence-electron chi connectivity index (χ3n) is 3.59. The van der Waals surface area contributed by atoms with Crippen LogP contribution >= 0.6 is 23.7 Å². The number of hydrogen-bond acceptors (Lipinski definition) is 4. The van der Waals surface area contributed by atoms with Crippen molar-refractivity contribution in [1.29, 1.82) is 0 Å². The number of hydrogen-bond donors (Lipinski definition) is 2. The van der Waals surface area contributed by atoms with E-state index in [0.29, 0.717) is 0 Å². The van der Waals surface area contributed by atoms with Gasteiger partial charge in [-0.05, 0) is 29.9 Å². The number of rotatable bonds is 7. The fourth-order valence-electron chi connectivity index (χ4n) is 2.51. The summed E-state index contributed by atoms with van der Waals surface area (Å²) in [6.45, 7) is 0.851. The lowest BCUT2D eigenvalue weighted by atomic mass is 10.1. The number of fused-ring (bicyclic) bond motifs is 1. The van der Waals surface area contributed by atoms with E-state index < -0.39 is 0 Å². The highest BCUT2D eigenvalue weighted by atomic mass is 35.5. The van der Waals surface area contributed by atoms with E-state index in [-0.39, 0.29) is 18.5 Å². The molecule has 1 heterocycles. The minimum absolute atomic E-state index is 0. The Labute approximate surface area is 147 Å². The molecule has 1 aromatic heterocycles. The van der Waals surface area contributed by atoms with Crippen molar-refractivity contribution in [2.75, 3.05) is 13.6 Å². The second-order valence-electron chi connectivity index (χ2n) is 5.06. The van der Waals surface area contributed by atoms with E-state index >= 15 is 0 Å². The predicted molar refractivity (Wildman–Crippen MR) is 101 cm³/mol. The average molecular weight is 349 g/mol. The summed E-state index contributed by atoms with van der Waals surface area (Å²) in [4.78, 5) is 1.26. The molecular formula is C18H21ClN2OS. The first-order valence-corrected chi connectivity index (χ1v) is 8.34. The lowest BCUT2D eigenvalue weighted by Crippen LogP contribution is -2.29. The molecule has 0 fully saturated rings. The SMILES string of the molecule is CNNCC[C@H](Oc1cccc2ccccc12)c1cccs1.Cl. The first-order chi connectivity index (χ1) is 10.9. The van der Waals surface area contributed by atoms with Crippen LogP contribution in [0.25, 0.3) is 10.8 Å². The normalized spacial score (nSPS) is 11.9. The monoisotopic (exact) mass is 348 g/mol. The minimum Gasteiger partial charge on any atom is -0.484 e. The van der Waals surface area contributed by atoms with E-state index in [9.17, 15) is 0 Å². The first kappa shape index (κ1) is 17.8. The van der Waals surface area contributed by atoms with Crippen LogP contribution in [0, 0.1) is 0 Å². The number of ether oxygens (including phenoxy) is 1. The van der Waals surface area contributed by atoms with Crippen LogP contribution < -0.4 is 15.6 Å². The quantitative estimate of drug-likeness (QED) is 0.485. The van der Waals surface area contributed by atoms with Gasteiger partial charge in [-0.25, -0.2) is 0 Å². The largest absolute Gasteiger partial charge is 0.484 e. The second-order valence-corrected chi connectivity index (χ2v) is 6.04. The highest BCUT2D eigenvalue weighted by Crippen LogP contribution is 2.32. The molecule has 0 radical (unpaired) electrons. The molecule has 0 aliphatic heterocycles. The Bertz CT molecular complexity index is 713. The molecule has 23 heavy (non-hydrogen) atoms. The molecule has 0 amide bonds. The smallest absolute Gasteiger partial charge is 0.134 e. The molecule has 0 aliphatic rings. The van der Waals surface area contributed by atoms with Gasteiger partial charge < -0.3 is 4.74 Å². The fourth-order valence-corrected chi connectivity index (χ4v) is 3.30. The van der Waals surface area contributed by atoms with E-state index in [0.717, 1.165) is 24.1 Å². The lowest BCUT2D eigenvalue weighted by molar-refractivity contribution is 0.199. The lowest BCUT2D eigenvalue weighted by Gasteiger charge is -2.19. The van der Waals surface area contributed by atoms with E-state index in [1.165, 1.54) is 10.3 Å². The van der Waals surface area contributed by atoms with E-state index in [1.54, 1.807) is 11.3 Å². The third kappa shape index (κ3) is 4.45. The summed E-state index contributed by atoms with van der Waals surface area (Å²) in [7, 11) is 1.88. The van der Waals surface area contributed by atoms with E-state index in [1.807, 2.05) is 7.05 Å². The number of hydrazine groups is 1. The summed E-state index contributed by atoms with van der Waals surface area (Å²) in [5.41, 5.74) is 6.10. The highest BCUT2D eigenvalue weighted by molar-refractivity contribution is 7.10. The maximum atomic E-state index is 6.36. The van der Waals surface area contributed by atoms with Gasteiger partial charge in [0, 0.05) is 23.2 Å². The molecule has 0 saturated carbocycles. The first-order valence-electron chi connectivity index (χ1n) is 7.46. The molecule has 5 heteroatoms. The molecule has 122 valence electrons. The van der Waals surface area contributed by atoms with Crippen molar-refractivity contribution in [2.24, 2.45) is 0 Å². The highest BCUT2D eigenvalue weighted by Gasteiger charge is 2.15. The van der Waals surface area contributed by atoms with Crippen molar-refractivity contribution in [1.82, 2.24) is 10.9 Å². The molecule has 3 rings (SSSR count). The van der Waals surface area contributed by atoms with Crippen LogP contribution in [-0.2, 0) is 0 Å². The van der Waals surface area contributed by atoms with Gasteiger partial charge in [-0.2, -0.15) is 0 Å². The second kappa shape index (κ2) is 8.89. The van der Waals surface area contributed by atoms with Gasteiger partial charge in [-0.15, -0.1) is 23.7 Å². The molecule has 0 aliphatic carbocycles. The third-order valence-corrected chi connectivity index (χ3v) is 4.55. The average Bonchev–Trinajstić information content (AvgIpc) is 3.09. The van der Waals surface area contributed by atoms with Gasteiger partial charge in [0.25, 0.3) is 0 Å². The maximum Gasteiger partial charge on any atom is 0.134 e. The van der Waals surface area contributed by atoms with Gasteiger partial charge in [-0.1, -0.05) is 42.5 Å². The van der Waals surface area contributed by atoms with Gasteiger partial charge in [0.2, 0.25) is 0 Å². The van der Waals surface area contributed by atoms with Gasteiger partial charge >= 0.3 is 0 Å². The van der Waals surface area contributed by atoms with Crippen molar-refractivity contribution in [3.05, 3.63) is 64.9 Å². The Hall–Kier alpha value is -1.59. The van der Waals surface area contributed by atoms with Crippen molar-refractivity contribution >= 4 is 34.5 Å². The Morgan fingerprint density at radius 3 is 2.65 bits per heavy atom. The molecule has 2 aromatic carbocycles. The van der Waals surface area contributed by atoms with Crippen molar-refractivity contribution < 1.29 is 4.74 Å². The Kier molecular flexibility index (Phi) is 6.86. The molecule has 0 bridgehead atoms. The molecule has 0 spiro atoms. The van der Waals surface area contributed by atoms with Crippen LogP contribution in [0.15, 0.2) is 60.0 Å². The predicted octanol–water partition coefficient (Wildman–Crippen LogP) is 4.56. The van der Waals surface area contributed by atoms with Gasteiger partial charge in [0.05, 0.1) is 0 Å². The molecule has 1 atom stereocenters. The van der Waals surface area contributed by atoms with Crippen molar-refractivity contribution in [3.8, 4) is 5.75 Å². The molecular weight excluding hydrogens is 328 g/mol. The summed E-state index contributed by atoms with van der Waals surface area (Å²) in [6.07, 6.45) is 0.969. The fraction of sp³-hybridized carbons (Fsp3) is 0.222. The maximum absolute atomic E-state index is 6.36. The number of nitrogens with one attached hydrogen (secondary N) is 2. The zero-order chi connectivity index (χ0) is 15.2. The summed E-state index contributed by atoms with van der Waals surface area (Å²) < 4.78 is 6.36. The Morgan fingerprint density at radius 2 is 1.87 bits per heavy atom. The van der Waals surface area contributed by atoms with Crippen molar-refractivity contribution in [3.63, 3.8) is 0 Å². The zero-order valence-corrected chi connectivity index (χ0v) is 14.6. The minimum atomic E-state index is 0. The van der Waals surface area contributed by atoms with Gasteiger partial charge in [0.1, 0.15) is 11.9 Å². The Balaban J connectivity index is 0.00000192. The molecule has 0 unspecified atom stereocenters. The van der Waals surface area contributed by atoms with Crippen LogP contribution in [0.2, 0.25) is 0 Å². The van der Waals surface area contributed by atoms with Crippen LogP contribution in [0.4, 0.5) is 0 Å². The number of benzene rings is 2. The van der Waals surface area contributed by atoms with Gasteiger partial charge in [-0.3, -0.25) is 10.9 Å². The summed E-state index contributed by atoms with van der Waals surface area (Å²) >= 11 is 1.74. The summed E-state index contributed by atoms with van der Waals surface area (Å²) in [5, 5.41) is 4.46. The van der Waals surface area contributed by atoms with Crippen LogP contribution in [0.3, 0.4) is 0 Å². The van der Waals surface area contributed by atoms with E-state index in [4.69, 9.17) is 4.74 Å². The number of halogens is 1. The molecule has 3 nitrogen and oxygen atoms in total.